The van der Waals surface area contributed by atoms with Crippen molar-refractivity contribution in [3.63, 3.8) is 0 Å². The summed E-state index contributed by atoms with van der Waals surface area (Å²) in [5.74, 6) is 0. The second kappa shape index (κ2) is 6.90. The van der Waals surface area contributed by atoms with Gasteiger partial charge in [0.15, 0.2) is 0 Å². The normalized spacial score (nSPS) is 11.4. The third-order valence-electron chi connectivity index (χ3n) is 3.96. The van der Waals surface area contributed by atoms with Gasteiger partial charge in [-0.3, -0.25) is 4.40 Å². The number of benzene rings is 1. The van der Waals surface area contributed by atoms with E-state index >= 15 is 0 Å². The Balaban J connectivity index is 1.96. The first-order valence-electron chi connectivity index (χ1n) is 7.77. The number of fused-ring (bicyclic) bond motifs is 1. The van der Waals surface area contributed by atoms with E-state index in [1.165, 1.54) is 25.5 Å². The molecule has 0 saturated carbocycles. The highest BCUT2D eigenvalue weighted by Crippen LogP contribution is 2.20. The molecule has 0 saturated heterocycles. The van der Waals surface area contributed by atoms with E-state index in [0.29, 0.717) is 22.5 Å². The van der Waals surface area contributed by atoms with Crippen LogP contribution in [0.3, 0.4) is 0 Å². The Morgan fingerprint density at radius 2 is 1.89 bits per heavy atom. The van der Waals surface area contributed by atoms with Crippen LogP contribution in [-0.2, 0) is 10.0 Å². The summed E-state index contributed by atoms with van der Waals surface area (Å²) in [7, 11) is -2.61. The van der Waals surface area contributed by atoms with E-state index in [2.05, 4.69) is 10.1 Å². The van der Waals surface area contributed by atoms with Crippen molar-refractivity contribution in [2.45, 2.75) is 11.8 Å². The lowest BCUT2D eigenvalue weighted by molar-refractivity contribution is 0.490. The molecular weight excluding hydrogens is 364 g/mol. The van der Waals surface area contributed by atoms with Gasteiger partial charge in [0.25, 0.3) is 10.0 Å². The molecule has 0 aliphatic rings. The van der Waals surface area contributed by atoms with Gasteiger partial charge in [-0.2, -0.15) is 28.5 Å². The zero-order chi connectivity index (χ0) is 19.6. The van der Waals surface area contributed by atoms with Crippen LogP contribution in [0.2, 0.25) is 0 Å². The molecule has 27 heavy (non-hydrogen) atoms. The SMILES string of the molecule is Cc1ccc(C#N)cc1S(=O)(=O)N(C)/N=C/c1cnc2ccc(C#N)cn12. The fourth-order valence-electron chi connectivity index (χ4n) is 2.45. The fourth-order valence-corrected chi connectivity index (χ4v) is 3.66. The molecule has 0 fully saturated rings. The van der Waals surface area contributed by atoms with Gasteiger partial charge in [-0.25, -0.2) is 4.98 Å². The van der Waals surface area contributed by atoms with Crippen molar-refractivity contribution >= 4 is 21.9 Å². The van der Waals surface area contributed by atoms with E-state index in [9.17, 15) is 8.42 Å². The second-order valence-corrected chi connectivity index (χ2v) is 7.64. The summed E-state index contributed by atoms with van der Waals surface area (Å²) in [5.41, 5.74) is 2.34. The molecule has 134 valence electrons. The molecule has 2 heterocycles. The van der Waals surface area contributed by atoms with Crippen LogP contribution in [0.25, 0.3) is 5.65 Å². The molecule has 0 amide bonds. The summed E-state index contributed by atoms with van der Waals surface area (Å²) in [6.45, 7) is 1.65. The third-order valence-corrected chi connectivity index (χ3v) is 5.74. The van der Waals surface area contributed by atoms with E-state index in [1.807, 2.05) is 12.1 Å². The first-order chi connectivity index (χ1) is 12.9. The first-order valence-corrected chi connectivity index (χ1v) is 9.21. The summed E-state index contributed by atoms with van der Waals surface area (Å²) in [6, 6.07) is 11.8. The molecule has 0 aliphatic heterocycles. The van der Waals surface area contributed by atoms with Gasteiger partial charge < -0.3 is 0 Å². The minimum Gasteiger partial charge on any atom is -0.297 e. The lowest BCUT2D eigenvalue weighted by Crippen LogP contribution is -2.23. The number of hydrogen-bond donors (Lipinski definition) is 0. The Kier molecular flexibility index (Phi) is 4.63. The molecule has 1 aromatic carbocycles. The average molecular weight is 378 g/mol. The minimum atomic E-state index is -3.92. The molecule has 3 rings (SSSR count). The van der Waals surface area contributed by atoms with Crippen LogP contribution in [0.5, 0.6) is 0 Å². The van der Waals surface area contributed by atoms with E-state index in [0.717, 1.165) is 4.41 Å². The van der Waals surface area contributed by atoms with Crippen LogP contribution in [0.1, 0.15) is 22.4 Å². The minimum absolute atomic E-state index is 0.0195. The van der Waals surface area contributed by atoms with Crippen LogP contribution in [0.15, 0.2) is 52.7 Å². The van der Waals surface area contributed by atoms with Crippen molar-refractivity contribution in [1.29, 1.82) is 10.5 Å². The number of rotatable bonds is 4. The smallest absolute Gasteiger partial charge is 0.279 e. The van der Waals surface area contributed by atoms with Gasteiger partial charge in [0.2, 0.25) is 0 Å². The number of pyridine rings is 1. The summed E-state index contributed by atoms with van der Waals surface area (Å²) in [6.07, 6.45) is 4.48. The summed E-state index contributed by atoms with van der Waals surface area (Å²) in [4.78, 5) is 4.21. The molecule has 9 heteroatoms. The predicted octanol–water partition coefficient (Wildman–Crippen LogP) is 2.04. The maximum absolute atomic E-state index is 12.8. The van der Waals surface area contributed by atoms with E-state index in [1.54, 1.807) is 41.8 Å². The van der Waals surface area contributed by atoms with Crippen molar-refractivity contribution in [3.05, 3.63) is 65.1 Å². The molecule has 0 aliphatic carbocycles. The number of nitriles is 2. The molecule has 0 unspecified atom stereocenters. The Hall–Kier alpha value is -3.69. The molecule has 0 spiro atoms. The van der Waals surface area contributed by atoms with Gasteiger partial charge in [0, 0.05) is 13.2 Å². The van der Waals surface area contributed by atoms with Crippen molar-refractivity contribution < 1.29 is 8.42 Å². The zero-order valence-corrected chi connectivity index (χ0v) is 15.3. The maximum Gasteiger partial charge on any atom is 0.279 e. The molecular formula is C18H14N6O2S. The quantitative estimate of drug-likeness (QED) is 0.509. The summed E-state index contributed by atoms with van der Waals surface area (Å²) < 4.78 is 28.0. The Labute approximate surface area is 156 Å². The lowest BCUT2D eigenvalue weighted by Gasteiger charge is -2.15. The Morgan fingerprint density at radius 1 is 1.19 bits per heavy atom. The van der Waals surface area contributed by atoms with Crippen LogP contribution >= 0.6 is 0 Å². The third kappa shape index (κ3) is 3.36. The van der Waals surface area contributed by atoms with Crippen LogP contribution in [-0.4, -0.2) is 35.5 Å². The van der Waals surface area contributed by atoms with Gasteiger partial charge >= 0.3 is 0 Å². The van der Waals surface area contributed by atoms with Gasteiger partial charge in [0.05, 0.1) is 40.2 Å². The number of sulfonamides is 1. The lowest BCUT2D eigenvalue weighted by atomic mass is 10.2. The molecule has 0 N–H and O–H groups in total. The number of hydrogen-bond acceptors (Lipinski definition) is 6. The van der Waals surface area contributed by atoms with Crippen molar-refractivity contribution in [3.8, 4) is 12.1 Å². The Morgan fingerprint density at radius 3 is 2.59 bits per heavy atom. The Bertz CT molecular complexity index is 1250. The molecule has 8 nitrogen and oxygen atoms in total. The second-order valence-electron chi connectivity index (χ2n) is 5.72. The predicted molar refractivity (Wildman–Crippen MR) is 98.3 cm³/mol. The molecule has 0 bridgehead atoms. The molecule has 2 aromatic heterocycles. The number of aromatic nitrogens is 2. The fraction of sp³-hybridized carbons (Fsp3) is 0.111. The average Bonchev–Trinajstić information content (AvgIpc) is 3.08. The standard InChI is InChI=1S/C18H14N6O2S/c1-13-3-4-14(8-19)7-17(13)27(25,26)23(2)22-11-16-10-21-18-6-5-15(9-20)12-24(16)18/h3-7,10-12H,1-2H3/b22-11+. The molecule has 3 aromatic rings. The van der Waals surface area contributed by atoms with E-state index < -0.39 is 10.0 Å². The van der Waals surface area contributed by atoms with Gasteiger partial charge in [0.1, 0.15) is 11.7 Å². The first kappa shape index (κ1) is 18.1. The maximum atomic E-state index is 12.8. The highest BCUT2D eigenvalue weighted by atomic mass is 32.2. The molecule has 0 radical (unpaired) electrons. The number of nitrogens with zero attached hydrogens (tertiary/aromatic N) is 6. The highest BCUT2D eigenvalue weighted by Gasteiger charge is 2.22. The number of hydrazone groups is 1. The monoisotopic (exact) mass is 378 g/mol. The van der Waals surface area contributed by atoms with Gasteiger partial charge in [-0.1, -0.05) is 6.07 Å². The summed E-state index contributed by atoms with van der Waals surface area (Å²) in [5, 5.41) is 22.0. The van der Waals surface area contributed by atoms with E-state index in [4.69, 9.17) is 10.5 Å². The number of aryl methyl sites for hydroxylation is 1. The highest BCUT2D eigenvalue weighted by molar-refractivity contribution is 7.89. The van der Waals surface area contributed by atoms with Crippen molar-refractivity contribution in [2.75, 3.05) is 7.05 Å². The largest absolute Gasteiger partial charge is 0.297 e. The number of imidazole rings is 1. The van der Waals surface area contributed by atoms with Crippen molar-refractivity contribution in [1.82, 2.24) is 13.8 Å². The summed E-state index contributed by atoms with van der Waals surface area (Å²) >= 11 is 0. The van der Waals surface area contributed by atoms with Gasteiger partial charge in [-0.05, 0) is 36.8 Å². The topological polar surface area (TPSA) is 115 Å². The van der Waals surface area contributed by atoms with Crippen LogP contribution < -0.4 is 0 Å². The van der Waals surface area contributed by atoms with Crippen LogP contribution in [0.4, 0.5) is 0 Å². The van der Waals surface area contributed by atoms with Crippen LogP contribution in [0, 0.1) is 29.6 Å². The van der Waals surface area contributed by atoms with Gasteiger partial charge in [-0.15, -0.1) is 0 Å². The molecule has 0 atom stereocenters. The van der Waals surface area contributed by atoms with Crippen molar-refractivity contribution in [2.24, 2.45) is 5.10 Å². The van der Waals surface area contributed by atoms with E-state index in [-0.39, 0.29) is 10.5 Å². The zero-order valence-electron chi connectivity index (χ0n) is 14.5.